The highest BCUT2D eigenvalue weighted by Gasteiger charge is 2.29. The van der Waals surface area contributed by atoms with Gasteiger partial charge in [-0.15, -0.1) is 0 Å². The Hall–Kier alpha value is -2.08. The second kappa shape index (κ2) is 7.00. The van der Waals surface area contributed by atoms with E-state index in [1.54, 1.807) is 17.2 Å². The van der Waals surface area contributed by atoms with Crippen LogP contribution in [0, 0.1) is 5.92 Å². The summed E-state index contributed by atoms with van der Waals surface area (Å²) in [6, 6.07) is 11.2. The Balaban J connectivity index is 1.63. The zero-order valence-corrected chi connectivity index (χ0v) is 14.2. The summed E-state index contributed by atoms with van der Waals surface area (Å²) < 4.78 is 0.844. The summed E-state index contributed by atoms with van der Waals surface area (Å²) >= 11 is 3.33. The first kappa shape index (κ1) is 15.8. The summed E-state index contributed by atoms with van der Waals surface area (Å²) in [6.07, 6.45) is 3.37. The first-order valence-electron chi connectivity index (χ1n) is 7.62. The Bertz CT molecular complexity index is 699. The molecule has 120 valence electrons. The molecule has 2 N–H and O–H groups in total. The summed E-state index contributed by atoms with van der Waals surface area (Å²) in [5, 5.41) is 2.92. The second-order valence-corrected chi connectivity index (χ2v) is 6.59. The number of aromatic nitrogens is 1. The lowest BCUT2D eigenvalue weighted by molar-refractivity contribution is -0.121. The number of nitrogens with one attached hydrogen (secondary N) is 2. The van der Waals surface area contributed by atoms with E-state index in [9.17, 15) is 9.59 Å². The smallest absolute Gasteiger partial charge is 0.270 e. The van der Waals surface area contributed by atoms with Crippen LogP contribution in [0.15, 0.2) is 47.1 Å². The van der Waals surface area contributed by atoms with E-state index in [2.05, 4.69) is 26.2 Å². The number of carbonyl (C=O) groups excluding carboxylic acids is 2. The molecule has 0 aliphatic carbocycles. The number of carbonyl (C=O) groups is 2. The van der Waals surface area contributed by atoms with Gasteiger partial charge in [0, 0.05) is 29.4 Å². The predicted molar refractivity (Wildman–Crippen MR) is 92.2 cm³/mol. The topological polar surface area (TPSA) is 65.2 Å². The SMILES string of the molecule is O=C(Nc1ccccc1)C1CCCN(C(=O)c2cc(Br)c[nH]2)C1. The number of likely N-dealkylation sites (tertiary alicyclic amines) is 1. The highest BCUT2D eigenvalue weighted by molar-refractivity contribution is 9.10. The number of anilines is 1. The molecule has 1 aromatic heterocycles. The van der Waals surface area contributed by atoms with Gasteiger partial charge < -0.3 is 15.2 Å². The van der Waals surface area contributed by atoms with E-state index < -0.39 is 0 Å². The monoisotopic (exact) mass is 375 g/mol. The largest absolute Gasteiger partial charge is 0.356 e. The van der Waals surface area contributed by atoms with Crippen LogP contribution in [0.5, 0.6) is 0 Å². The van der Waals surface area contributed by atoms with Crippen molar-refractivity contribution in [1.82, 2.24) is 9.88 Å². The van der Waals surface area contributed by atoms with Crippen molar-refractivity contribution in [3.05, 3.63) is 52.8 Å². The van der Waals surface area contributed by atoms with E-state index in [1.165, 1.54) is 0 Å². The first-order chi connectivity index (χ1) is 11.1. The molecule has 6 heteroatoms. The van der Waals surface area contributed by atoms with Crippen LogP contribution in [0.4, 0.5) is 5.69 Å². The lowest BCUT2D eigenvalue weighted by atomic mass is 9.96. The summed E-state index contributed by atoms with van der Waals surface area (Å²) in [5.41, 5.74) is 1.33. The molecule has 0 bridgehead atoms. The Morgan fingerprint density at radius 3 is 2.74 bits per heavy atom. The van der Waals surface area contributed by atoms with E-state index in [0.29, 0.717) is 18.8 Å². The molecular formula is C17H18BrN3O2. The van der Waals surface area contributed by atoms with Gasteiger partial charge in [-0.25, -0.2) is 0 Å². The number of piperidine rings is 1. The Kier molecular flexibility index (Phi) is 4.81. The maximum atomic E-state index is 12.5. The van der Waals surface area contributed by atoms with Crippen LogP contribution in [-0.4, -0.2) is 34.8 Å². The maximum Gasteiger partial charge on any atom is 0.270 e. The number of aromatic amines is 1. The predicted octanol–water partition coefficient (Wildman–Crippen LogP) is 3.27. The van der Waals surface area contributed by atoms with Crippen molar-refractivity contribution in [2.24, 2.45) is 5.92 Å². The minimum absolute atomic E-state index is 0.0265. The van der Waals surface area contributed by atoms with Gasteiger partial charge in [-0.05, 0) is 47.0 Å². The van der Waals surface area contributed by atoms with E-state index >= 15 is 0 Å². The molecule has 2 amide bonds. The number of nitrogens with zero attached hydrogens (tertiary/aromatic N) is 1. The Labute approximate surface area is 143 Å². The van der Waals surface area contributed by atoms with Crippen LogP contribution < -0.4 is 5.32 Å². The molecule has 2 heterocycles. The fraction of sp³-hybridized carbons (Fsp3) is 0.294. The highest BCUT2D eigenvalue weighted by atomic mass is 79.9. The lowest BCUT2D eigenvalue weighted by Crippen LogP contribution is -2.43. The number of hydrogen-bond donors (Lipinski definition) is 2. The fourth-order valence-electron chi connectivity index (χ4n) is 2.80. The van der Waals surface area contributed by atoms with Gasteiger partial charge in [0.05, 0.1) is 5.92 Å². The van der Waals surface area contributed by atoms with E-state index in [1.807, 2.05) is 30.3 Å². The summed E-state index contributed by atoms with van der Waals surface area (Å²) in [5.74, 6) is -0.263. The van der Waals surface area contributed by atoms with Gasteiger partial charge in [0.1, 0.15) is 5.69 Å². The van der Waals surface area contributed by atoms with Gasteiger partial charge in [-0.1, -0.05) is 18.2 Å². The van der Waals surface area contributed by atoms with Crippen molar-refractivity contribution in [2.75, 3.05) is 18.4 Å². The fourth-order valence-corrected chi connectivity index (χ4v) is 3.15. The number of halogens is 1. The number of para-hydroxylation sites is 1. The van der Waals surface area contributed by atoms with Crippen molar-refractivity contribution in [1.29, 1.82) is 0 Å². The van der Waals surface area contributed by atoms with Gasteiger partial charge in [-0.3, -0.25) is 9.59 Å². The van der Waals surface area contributed by atoms with Crippen LogP contribution in [0.2, 0.25) is 0 Å². The van der Waals surface area contributed by atoms with Crippen molar-refractivity contribution in [3.63, 3.8) is 0 Å². The van der Waals surface area contributed by atoms with Gasteiger partial charge >= 0.3 is 0 Å². The molecule has 0 saturated carbocycles. The molecule has 23 heavy (non-hydrogen) atoms. The van der Waals surface area contributed by atoms with E-state index in [-0.39, 0.29) is 17.7 Å². The molecule has 1 aliphatic rings. The second-order valence-electron chi connectivity index (χ2n) is 5.68. The highest BCUT2D eigenvalue weighted by Crippen LogP contribution is 2.21. The lowest BCUT2D eigenvalue weighted by Gasteiger charge is -2.31. The van der Waals surface area contributed by atoms with Gasteiger partial charge in [-0.2, -0.15) is 0 Å². The molecule has 1 aromatic carbocycles. The molecule has 0 radical (unpaired) electrons. The van der Waals surface area contributed by atoms with Crippen LogP contribution in [0.25, 0.3) is 0 Å². The molecule has 3 rings (SSSR count). The Morgan fingerprint density at radius 2 is 2.04 bits per heavy atom. The average Bonchev–Trinajstić information content (AvgIpc) is 3.01. The average molecular weight is 376 g/mol. The van der Waals surface area contributed by atoms with Crippen molar-refractivity contribution < 1.29 is 9.59 Å². The van der Waals surface area contributed by atoms with Crippen molar-refractivity contribution >= 4 is 33.4 Å². The third kappa shape index (κ3) is 3.82. The molecule has 1 aliphatic heterocycles. The van der Waals surface area contributed by atoms with Crippen molar-refractivity contribution in [2.45, 2.75) is 12.8 Å². The molecular weight excluding hydrogens is 358 g/mol. The minimum atomic E-state index is -0.175. The minimum Gasteiger partial charge on any atom is -0.356 e. The zero-order valence-electron chi connectivity index (χ0n) is 12.6. The number of benzene rings is 1. The number of amides is 2. The molecule has 5 nitrogen and oxygen atoms in total. The number of hydrogen-bond acceptors (Lipinski definition) is 2. The summed E-state index contributed by atoms with van der Waals surface area (Å²) in [4.78, 5) is 29.6. The van der Waals surface area contributed by atoms with E-state index in [4.69, 9.17) is 0 Å². The van der Waals surface area contributed by atoms with Gasteiger partial charge in [0.2, 0.25) is 5.91 Å². The van der Waals surface area contributed by atoms with E-state index in [0.717, 1.165) is 23.0 Å². The molecule has 1 unspecified atom stereocenters. The number of H-pyrrole nitrogens is 1. The van der Waals surface area contributed by atoms with Crippen LogP contribution in [0.3, 0.4) is 0 Å². The molecule has 1 fully saturated rings. The zero-order chi connectivity index (χ0) is 16.2. The van der Waals surface area contributed by atoms with Crippen molar-refractivity contribution in [3.8, 4) is 0 Å². The Morgan fingerprint density at radius 1 is 1.26 bits per heavy atom. The quantitative estimate of drug-likeness (QED) is 0.864. The molecule has 0 spiro atoms. The third-order valence-electron chi connectivity index (χ3n) is 4.00. The molecule has 1 saturated heterocycles. The standard InChI is InChI=1S/C17H18BrN3O2/c18-13-9-15(19-10-13)17(23)21-8-4-5-12(11-21)16(22)20-14-6-2-1-3-7-14/h1-3,6-7,9-10,12,19H,4-5,8,11H2,(H,20,22). The third-order valence-corrected chi connectivity index (χ3v) is 4.46. The normalized spacial score (nSPS) is 17.8. The molecule has 1 atom stereocenters. The first-order valence-corrected chi connectivity index (χ1v) is 8.42. The molecule has 2 aromatic rings. The van der Waals surface area contributed by atoms with Crippen LogP contribution in [-0.2, 0) is 4.79 Å². The summed E-state index contributed by atoms with van der Waals surface area (Å²) in [7, 11) is 0. The van der Waals surface area contributed by atoms with Crippen LogP contribution in [0.1, 0.15) is 23.3 Å². The number of rotatable bonds is 3. The maximum absolute atomic E-state index is 12.5. The van der Waals surface area contributed by atoms with Crippen LogP contribution >= 0.6 is 15.9 Å². The summed E-state index contributed by atoms with van der Waals surface area (Å²) in [6.45, 7) is 1.14. The van der Waals surface area contributed by atoms with Gasteiger partial charge in [0.25, 0.3) is 5.91 Å². The van der Waals surface area contributed by atoms with Gasteiger partial charge in [0.15, 0.2) is 0 Å².